The minimum atomic E-state index is 1.11. The van der Waals surface area contributed by atoms with Gasteiger partial charge in [0.1, 0.15) is 0 Å². The van der Waals surface area contributed by atoms with Crippen molar-refractivity contribution >= 4 is 0 Å². The first kappa shape index (κ1) is 14.8. The van der Waals surface area contributed by atoms with Gasteiger partial charge in [0.05, 0.1) is 52.9 Å². The molecule has 0 aliphatic carbocycles. The predicted octanol–water partition coefficient (Wildman–Crippen LogP) is 3.42. The van der Waals surface area contributed by atoms with Gasteiger partial charge in [-0.05, 0) is 63.7 Å². The summed E-state index contributed by atoms with van der Waals surface area (Å²) in [6, 6.07) is 0. The molecule has 2 bridgehead atoms. The van der Waals surface area contributed by atoms with E-state index in [-0.39, 0.29) is 0 Å². The molecule has 0 amide bonds. The summed E-state index contributed by atoms with van der Waals surface area (Å²) < 4.78 is 2.88. The molecule has 4 fully saturated rings. The average Bonchev–Trinajstić information content (AvgIpc) is 2.49. The smallest absolute Gasteiger partial charge is 0.0789 e. The molecule has 0 aromatic heterocycles. The zero-order chi connectivity index (χ0) is 13.9. The van der Waals surface area contributed by atoms with Crippen LogP contribution in [0.3, 0.4) is 0 Å². The summed E-state index contributed by atoms with van der Waals surface area (Å²) in [5.74, 6) is 1.11. The molecule has 20 heavy (non-hydrogen) atoms. The van der Waals surface area contributed by atoms with Crippen LogP contribution in [0.2, 0.25) is 0 Å². The highest BCUT2D eigenvalue weighted by Gasteiger charge is 2.38. The zero-order valence-corrected chi connectivity index (χ0v) is 13.8. The molecule has 2 heteroatoms. The Morgan fingerprint density at radius 2 is 1.30 bits per heavy atom. The fraction of sp³-hybridized carbons (Fsp3) is 1.00. The molecule has 4 heterocycles. The molecule has 0 aromatic carbocycles. The predicted molar refractivity (Wildman–Crippen MR) is 85.6 cm³/mol. The average molecular weight is 280 g/mol. The number of likely N-dealkylation sites (tertiary alicyclic amines) is 1. The van der Waals surface area contributed by atoms with Crippen molar-refractivity contribution in [2.24, 2.45) is 5.92 Å². The van der Waals surface area contributed by atoms with Crippen LogP contribution in [-0.2, 0) is 0 Å². The molecule has 0 saturated carbocycles. The number of piperidine rings is 4. The van der Waals surface area contributed by atoms with Crippen molar-refractivity contribution in [1.29, 1.82) is 0 Å². The van der Waals surface area contributed by atoms with Gasteiger partial charge in [-0.15, -0.1) is 0 Å². The highest BCUT2D eigenvalue weighted by molar-refractivity contribution is 4.71. The quantitative estimate of drug-likeness (QED) is 0.516. The summed E-state index contributed by atoms with van der Waals surface area (Å²) >= 11 is 0. The standard InChI is InChI=1S/C18H36N2/c1-19(11-4-2-5-12-19)13-6-3-7-14-20-15-8-18(9-16-20)10-17-20/h18H,2-17H2,1H3/q+2. The Morgan fingerprint density at radius 1 is 0.700 bits per heavy atom. The van der Waals surface area contributed by atoms with Crippen molar-refractivity contribution in [3.05, 3.63) is 0 Å². The maximum absolute atomic E-state index is 2.50. The van der Waals surface area contributed by atoms with E-state index in [0.717, 1.165) is 5.92 Å². The van der Waals surface area contributed by atoms with Crippen molar-refractivity contribution in [3.63, 3.8) is 0 Å². The lowest BCUT2D eigenvalue weighted by atomic mass is 9.85. The summed E-state index contributed by atoms with van der Waals surface area (Å²) in [7, 11) is 2.50. The largest absolute Gasteiger partial charge is 0.326 e. The Labute approximate surface area is 126 Å². The molecular formula is C18H36N2+2. The SMILES string of the molecule is C[N+]1(CCCCC[N+]23CCC(CC2)CC3)CCCCC1. The number of unbranched alkanes of at least 4 members (excludes halogenated alkanes) is 2. The van der Waals surface area contributed by atoms with Gasteiger partial charge >= 0.3 is 0 Å². The highest BCUT2D eigenvalue weighted by Crippen LogP contribution is 2.33. The normalized spacial score (nSPS) is 36.1. The summed E-state index contributed by atoms with van der Waals surface area (Å²) in [6.45, 7) is 10.4. The van der Waals surface area contributed by atoms with Crippen LogP contribution in [0, 0.1) is 5.92 Å². The van der Waals surface area contributed by atoms with Crippen LogP contribution in [0.1, 0.15) is 57.8 Å². The van der Waals surface area contributed by atoms with Crippen LogP contribution >= 0.6 is 0 Å². The number of fused-ring (bicyclic) bond motifs is 3. The molecule has 0 unspecified atom stereocenters. The molecule has 0 radical (unpaired) electrons. The molecule has 4 saturated heterocycles. The molecule has 0 atom stereocenters. The summed E-state index contributed by atoms with van der Waals surface area (Å²) in [5.41, 5.74) is 0. The first-order valence-electron chi connectivity index (χ1n) is 9.39. The topological polar surface area (TPSA) is 0 Å². The Balaban J connectivity index is 1.32. The molecular weight excluding hydrogens is 244 g/mol. The van der Waals surface area contributed by atoms with Crippen molar-refractivity contribution in [3.8, 4) is 0 Å². The van der Waals surface area contributed by atoms with Crippen LogP contribution in [0.25, 0.3) is 0 Å². The maximum Gasteiger partial charge on any atom is 0.0789 e. The van der Waals surface area contributed by atoms with Crippen molar-refractivity contribution < 1.29 is 8.97 Å². The van der Waals surface area contributed by atoms with Gasteiger partial charge in [0.25, 0.3) is 0 Å². The van der Waals surface area contributed by atoms with E-state index in [2.05, 4.69) is 7.05 Å². The monoisotopic (exact) mass is 280 g/mol. The summed E-state index contributed by atoms with van der Waals surface area (Å²) in [6.07, 6.45) is 13.5. The van der Waals surface area contributed by atoms with Gasteiger partial charge in [-0.1, -0.05) is 0 Å². The molecule has 0 spiro atoms. The Bertz CT molecular complexity index is 285. The summed E-state index contributed by atoms with van der Waals surface area (Å²) in [4.78, 5) is 0. The number of hydrogen-bond acceptors (Lipinski definition) is 0. The molecule has 0 aromatic rings. The van der Waals surface area contributed by atoms with Gasteiger partial charge in [-0.25, -0.2) is 0 Å². The van der Waals surface area contributed by atoms with E-state index in [9.17, 15) is 0 Å². The number of nitrogens with zero attached hydrogens (tertiary/aromatic N) is 2. The van der Waals surface area contributed by atoms with Crippen molar-refractivity contribution in [2.75, 3.05) is 52.9 Å². The third kappa shape index (κ3) is 3.57. The number of hydrogen-bond donors (Lipinski definition) is 0. The van der Waals surface area contributed by atoms with E-state index in [1.165, 1.54) is 113 Å². The Kier molecular flexibility index (Phi) is 4.72. The highest BCUT2D eigenvalue weighted by atomic mass is 15.4. The van der Waals surface area contributed by atoms with Gasteiger partial charge in [0, 0.05) is 0 Å². The minimum absolute atomic E-state index is 1.11. The number of quaternary nitrogens is 2. The first-order valence-corrected chi connectivity index (χ1v) is 9.39. The first-order chi connectivity index (χ1) is 9.70. The lowest BCUT2D eigenvalue weighted by molar-refractivity contribution is -0.943. The summed E-state index contributed by atoms with van der Waals surface area (Å²) in [5, 5.41) is 0. The van der Waals surface area contributed by atoms with Crippen LogP contribution in [0.4, 0.5) is 0 Å². The van der Waals surface area contributed by atoms with E-state index in [1.807, 2.05) is 0 Å². The lowest BCUT2D eigenvalue weighted by Gasteiger charge is -2.49. The van der Waals surface area contributed by atoms with Crippen LogP contribution in [0.15, 0.2) is 0 Å². The second-order valence-corrected chi connectivity index (χ2v) is 8.38. The second-order valence-electron chi connectivity index (χ2n) is 8.38. The molecule has 2 nitrogen and oxygen atoms in total. The molecule has 4 rings (SSSR count). The zero-order valence-electron chi connectivity index (χ0n) is 13.8. The number of rotatable bonds is 6. The maximum atomic E-state index is 2.50. The van der Waals surface area contributed by atoms with Gasteiger partial charge in [-0.3, -0.25) is 0 Å². The molecule has 0 N–H and O–H groups in total. The fourth-order valence-corrected chi connectivity index (χ4v) is 5.09. The van der Waals surface area contributed by atoms with E-state index in [0.29, 0.717) is 0 Å². The second kappa shape index (κ2) is 6.36. The molecule has 4 aliphatic heterocycles. The van der Waals surface area contributed by atoms with E-state index >= 15 is 0 Å². The Hall–Kier alpha value is -0.0800. The fourth-order valence-electron chi connectivity index (χ4n) is 5.09. The van der Waals surface area contributed by atoms with Gasteiger partial charge in [0.15, 0.2) is 0 Å². The van der Waals surface area contributed by atoms with Gasteiger partial charge in [-0.2, -0.15) is 0 Å². The molecule has 116 valence electrons. The lowest BCUT2D eigenvalue weighted by Crippen LogP contribution is -2.58. The minimum Gasteiger partial charge on any atom is -0.326 e. The van der Waals surface area contributed by atoms with Crippen molar-refractivity contribution in [2.45, 2.75) is 57.8 Å². The van der Waals surface area contributed by atoms with Gasteiger partial charge < -0.3 is 8.97 Å². The third-order valence-electron chi connectivity index (χ3n) is 6.76. The van der Waals surface area contributed by atoms with E-state index in [1.54, 1.807) is 0 Å². The Morgan fingerprint density at radius 3 is 1.95 bits per heavy atom. The third-order valence-corrected chi connectivity index (χ3v) is 6.76. The van der Waals surface area contributed by atoms with Crippen LogP contribution < -0.4 is 0 Å². The van der Waals surface area contributed by atoms with Gasteiger partial charge in [0.2, 0.25) is 0 Å². The van der Waals surface area contributed by atoms with E-state index < -0.39 is 0 Å². The van der Waals surface area contributed by atoms with Crippen LogP contribution in [0.5, 0.6) is 0 Å². The molecule has 4 aliphatic rings. The van der Waals surface area contributed by atoms with E-state index in [4.69, 9.17) is 0 Å². The van der Waals surface area contributed by atoms with Crippen LogP contribution in [-0.4, -0.2) is 61.8 Å². The van der Waals surface area contributed by atoms with Crippen molar-refractivity contribution in [1.82, 2.24) is 0 Å².